The highest BCUT2D eigenvalue weighted by Crippen LogP contribution is 2.66. The zero-order valence-corrected chi connectivity index (χ0v) is 16.9. The molecule has 4 saturated carbocycles. The van der Waals surface area contributed by atoms with E-state index in [-0.39, 0.29) is 11.4 Å². The fourth-order valence-electron chi connectivity index (χ4n) is 6.54. The predicted octanol–water partition coefficient (Wildman–Crippen LogP) is 3.27. The molecule has 1 aromatic heterocycles. The van der Waals surface area contributed by atoms with Gasteiger partial charge in [-0.25, -0.2) is 9.59 Å². The van der Waals surface area contributed by atoms with Crippen molar-refractivity contribution in [3.63, 3.8) is 0 Å². The molecule has 4 aliphatic rings. The van der Waals surface area contributed by atoms with E-state index in [4.69, 9.17) is 10.2 Å². The van der Waals surface area contributed by atoms with E-state index >= 15 is 0 Å². The predicted molar refractivity (Wildman–Crippen MR) is 106 cm³/mol. The van der Waals surface area contributed by atoms with Crippen LogP contribution in [0.2, 0.25) is 0 Å². The minimum Gasteiger partial charge on any atom is -0.478 e. The van der Waals surface area contributed by atoms with Gasteiger partial charge in [-0.15, -0.1) is 0 Å². The number of pyridine rings is 1. The Labute approximate surface area is 170 Å². The average molecular weight is 400 g/mol. The summed E-state index contributed by atoms with van der Waals surface area (Å²) in [5.41, 5.74) is 1.56. The molecule has 3 N–H and O–H groups in total. The van der Waals surface area contributed by atoms with Crippen LogP contribution in [0.1, 0.15) is 62.7 Å². The van der Waals surface area contributed by atoms with E-state index in [0.29, 0.717) is 28.5 Å². The summed E-state index contributed by atoms with van der Waals surface area (Å²) in [6, 6.07) is 3.68. The molecule has 0 spiro atoms. The zero-order valence-electron chi connectivity index (χ0n) is 16.9. The van der Waals surface area contributed by atoms with Crippen molar-refractivity contribution in [2.75, 3.05) is 0 Å². The average Bonchev–Trinajstić information content (AvgIpc) is 2.57. The number of amides is 1. The fraction of sp³-hybridized carbons (Fsp3) is 0.545. The van der Waals surface area contributed by atoms with Gasteiger partial charge >= 0.3 is 11.9 Å². The maximum atomic E-state index is 12.6. The van der Waals surface area contributed by atoms with Crippen molar-refractivity contribution < 1.29 is 24.6 Å². The molecule has 0 radical (unpaired) electrons. The summed E-state index contributed by atoms with van der Waals surface area (Å²) in [6.45, 7) is 4.86. The lowest BCUT2D eigenvalue weighted by atomic mass is 9.43. The maximum Gasteiger partial charge on any atom is 0.328 e. The number of nitrogens with one attached hydrogen (secondary N) is 1. The van der Waals surface area contributed by atoms with Gasteiger partial charge in [0.1, 0.15) is 0 Å². The summed E-state index contributed by atoms with van der Waals surface area (Å²) >= 11 is 0. The molecule has 1 aromatic rings. The van der Waals surface area contributed by atoms with Crippen molar-refractivity contribution in [1.82, 2.24) is 10.3 Å². The number of hydrogen-bond acceptors (Lipinski definition) is 4. The molecule has 2 unspecified atom stereocenters. The standard InChI is InChI=1S/C18H24N2O.C4H4O4/c1-16-6-13-7-17(2,10-16)12-18(8-13,11-16)20-15(21)14-4-3-5-19-9-14;5-3(6)1-2-4(7)8/h3-5,9,13H,6-8,10-12H2,1-2H3,(H,20,21);1-2H,(H,5,6)(H,7,8)/b;2-1-. The minimum atomic E-state index is -1.26. The summed E-state index contributed by atoms with van der Waals surface area (Å²) in [4.78, 5) is 35.8. The normalized spacial score (nSPS) is 34.3. The second kappa shape index (κ2) is 7.61. The van der Waals surface area contributed by atoms with Gasteiger partial charge in [-0.3, -0.25) is 9.78 Å². The first-order valence-corrected chi connectivity index (χ1v) is 9.89. The molecule has 5 rings (SSSR count). The molecule has 4 aliphatic carbocycles. The zero-order chi connectivity index (χ0) is 21.3. The first-order valence-electron chi connectivity index (χ1n) is 9.89. The van der Waals surface area contributed by atoms with Crippen molar-refractivity contribution in [3.8, 4) is 0 Å². The highest BCUT2D eigenvalue weighted by Gasteiger charge is 2.60. The number of rotatable bonds is 4. The van der Waals surface area contributed by atoms with Crippen LogP contribution in [0.5, 0.6) is 0 Å². The fourth-order valence-corrected chi connectivity index (χ4v) is 6.54. The largest absolute Gasteiger partial charge is 0.478 e. The Bertz CT molecular complexity index is 801. The van der Waals surface area contributed by atoms with E-state index in [2.05, 4.69) is 24.1 Å². The topological polar surface area (TPSA) is 117 Å². The highest BCUT2D eigenvalue weighted by molar-refractivity contribution is 5.94. The van der Waals surface area contributed by atoms with Gasteiger partial charge in [0.05, 0.1) is 5.56 Å². The van der Waals surface area contributed by atoms with Crippen molar-refractivity contribution in [2.45, 2.75) is 57.9 Å². The Kier molecular flexibility index (Phi) is 5.52. The number of carbonyl (C=O) groups excluding carboxylic acids is 1. The summed E-state index contributed by atoms with van der Waals surface area (Å²) in [7, 11) is 0. The van der Waals surface area contributed by atoms with E-state index < -0.39 is 11.9 Å². The lowest BCUT2D eigenvalue weighted by Gasteiger charge is -2.65. The number of carboxylic acid groups (broad SMARTS) is 2. The quantitative estimate of drug-likeness (QED) is 0.668. The number of aromatic nitrogens is 1. The molecule has 29 heavy (non-hydrogen) atoms. The SMILES string of the molecule is CC12CC3CC(C)(C1)CC(NC(=O)c1cccnc1)(C3)C2.O=C(O)/C=C\C(=O)O. The number of aliphatic carboxylic acids is 2. The van der Waals surface area contributed by atoms with Gasteiger partial charge < -0.3 is 15.5 Å². The number of carbonyl (C=O) groups is 3. The Morgan fingerprint density at radius 3 is 2.07 bits per heavy atom. The lowest BCUT2D eigenvalue weighted by Crippen LogP contribution is -2.65. The molecule has 4 bridgehead atoms. The molecule has 0 saturated heterocycles. The Balaban J connectivity index is 0.000000258. The first-order chi connectivity index (χ1) is 13.5. The highest BCUT2D eigenvalue weighted by atomic mass is 16.4. The molecule has 1 amide bonds. The van der Waals surface area contributed by atoms with Crippen LogP contribution in [0.15, 0.2) is 36.7 Å². The third-order valence-electron chi connectivity index (χ3n) is 6.30. The smallest absolute Gasteiger partial charge is 0.328 e. The molecular weight excluding hydrogens is 372 g/mol. The van der Waals surface area contributed by atoms with Gasteiger partial charge in [-0.05, 0) is 67.4 Å². The van der Waals surface area contributed by atoms with Crippen molar-refractivity contribution in [2.24, 2.45) is 16.7 Å². The molecule has 7 heteroatoms. The van der Waals surface area contributed by atoms with Gasteiger partial charge in [0.15, 0.2) is 0 Å². The summed E-state index contributed by atoms with van der Waals surface area (Å²) in [6.07, 6.45) is 12.0. The second-order valence-electron chi connectivity index (χ2n) is 9.62. The Morgan fingerprint density at radius 2 is 1.62 bits per heavy atom. The van der Waals surface area contributed by atoms with Crippen LogP contribution in [-0.4, -0.2) is 38.6 Å². The van der Waals surface area contributed by atoms with Crippen LogP contribution >= 0.6 is 0 Å². The second-order valence-corrected chi connectivity index (χ2v) is 9.62. The van der Waals surface area contributed by atoms with Crippen LogP contribution in [-0.2, 0) is 9.59 Å². The Hall–Kier alpha value is -2.70. The van der Waals surface area contributed by atoms with Crippen molar-refractivity contribution >= 4 is 17.8 Å². The van der Waals surface area contributed by atoms with E-state index in [0.717, 1.165) is 18.8 Å². The number of hydrogen-bond donors (Lipinski definition) is 3. The summed E-state index contributed by atoms with van der Waals surface area (Å²) < 4.78 is 0. The van der Waals surface area contributed by atoms with E-state index in [9.17, 15) is 14.4 Å². The van der Waals surface area contributed by atoms with E-state index in [1.165, 1.54) is 25.7 Å². The van der Waals surface area contributed by atoms with E-state index in [1.807, 2.05) is 12.1 Å². The lowest BCUT2D eigenvalue weighted by molar-refractivity contribution is -0.134. The van der Waals surface area contributed by atoms with Crippen LogP contribution in [0.3, 0.4) is 0 Å². The molecule has 4 fully saturated rings. The van der Waals surface area contributed by atoms with Gasteiger partial charge in [-0.1, -0.05) is 13.8 Å². The number of carboxylic acids is 2. The van der Waals surface area contributed by atoms with Crippen LogP contribution in [0, 0.1) is 16.7 Å². The molecule has 0 aromatic carbocycles. The van der Waals surface area contributed by atoms with E-state index in [1.54, 1.807) is 12.4 Å². The third-order valence-corrected chi connectivity index (χ3v) is 6.30. The van der Waals surface area contributed by atoms with Gasteiger partial charge in [0.2, 0.25) is 0 Å². The molecule has 2 atom stereocenters. The van der Waals surface area contributed by atoms with Crippen LogP contribution in [0.4, 0.5) is 0 Å². The third kappa shape index (κ3) is 5.02. The summed E-state index contributed by atoms with van der Waals surface area (Å²) in [5, 5.41) is 19.0. The van der Waals surface area contributed by atoms with Crippen LogP contribution in [0.25, 0.3) is 0 Å². The molecule has 1 heterocycles. The molecule has 156 valence electrons. The number of nitrogens with zero attached hydrogens (tertiary/aromatic N) is 1. The van der Waals surface area contributed by atoms with Crippen molar-refractivity contribution in [3.05, 3.63) is 42.2 Å². The van der Waals surface area contributed by atoms with Crippen LogP contribution < -0.4 is 5.32 Å². The van der Waals surface area contributed by atoms with Gasteiger partial charge in [-0.2, -0.15) is 0 Å². The molecule has 7 nitrogen and oxygen atoms in total. The van der Waals surface area contributed by atoms with Gasteiger partial charge in [0.25, 0.3) is 5.91 Å². The van der Waals surface area contributed by atoms with Crippen molar-refractivity contribution in [1.29, 1.82) is 0 Å². The summed E-state index contributed by atoms with van der Waals surface area (Å²) in [5.74, 6) is -1.66. The van der Waals surface area contributed by atoms with Gasteiger partial charge in [0, 0.05) is 30.1 Å². The Morgan fingerprint density at radius 1 is 1.03 bits per heavy atom. The maximum absolute atomic E-state index is 12.6. The monoisotopic (exact) mass is 400 g/mol. The first kappa shape index (κ1) is 21.0. The minimum absolute atomic E-state index is 0.0237. The molecular formula is C22H28N2O5. The molecule has 0 aliphatic heterocycles.